The van der Waals surface area contributed by atoms with Gasteiger partial charge in [0.1, 0.15) is 5.75 Å². The molecule has 0 radical (unpaired) electrons. The summed E-state index contributed by atoms with van der Waals surface area (Å²) in [6.07, 6.45) is 1.90. The summed E-state index contributed by atoms with van der Waals surface area (Å²) in [5.41, 5.74) is 1.68. The normalized spacial score (nSPS) is 17.4. The Labute approximate surface area is 147 Å². The molecule has 132 valence electrons. The average molecular weight is 340 g/mol. The number of hydrogen-bond acceptors (Lipinski definition) is 3. The molecule has 0 spiro atoms. The highest BCUT2D eigenvalue weighted by Crippen LogP contribution is 2.38. The molecule has 3 rings (SSSR count). The summed E-state index contributed by atoms with van der Waals surface area (Å²) in [7, 11) is 0. The Morgan fingerprint density at radius 1 is 1.12 bits per heavy atom. The molecule has 0 aliphatic heterocycles. The van der Waals surface area contributed by atoms with Gasteiger partial charge in [-0.2, -0.15) is 0 Å². The van der Waals surface area contributed by atoms with Crippen LogP contribution in [-0.4, -0.2) is 27.8 Å². The lowest BCUT2D eigenvalue weighted by Crippen LogP contribution is -2.49. The van der Waals surface area contributed by atoms with Crippen LogP contribution in [0, 0.1) is 0 Å². The zero-order valence-corrected chi connectivity index (χ0v) is 14.3. The number of carbonyl (C=O) groups excluding carboxylic acids is 1. The molecule has 1 aliphatic carbocycles. The molecule has 2 amide bonds. The van der Waals surface area contributed by atoms with Crippen LogP contribution in [0.4, 0.5) is 4.79 Å². The molecule has 5 nitrogen and oxygen atoms in total. The van der Waals surface area contributed by atoms with Crippen molar-refractivity contribution < 1.29 is 15.0 Å². The summed E-state index contributed by atoms with van der Waals surface area (Å²) >= 11 is 0. The fourth-order valence-corrected chi connectivity index (χ4v) is 3.01. The second kappa shape index (κ2) is 7.15. The predicted octanol–water partition coefficient (Wildman–Crippen LogP) is 2.89. The summed E-state index contributed by atoms with van der Waals surface area (Å²) < 4.78 is 0. The predicted molar refractivity (Wildman–Crippen MR) is 96.3 cm³/mol. The first-order valence-electron chi connectivity index (χ1n) is 8.57. The van der Waals surface area contributed by atoms with Gasteiger partial charge in [-0.05, 0) is 49.4 Å². The van der Waals surface area contributed by atoms with Gasteiger partial charge in [0.05, 0.1) is 12.1 Å². The first kappa shape index (κ1) is 17.3. The van der Waals surface area contributed by atoms with Crippen LogP contribution in [0.3, 0.4) is 0 Å². The Morgan fingerprint density at radius 3 is 2.36 bits per heavy atom. The topological polar surface area (TPSA) is 81.6 Å². The van der Waals surface area contributed by atoms with Crippen LogP contribution in [0.2, 0.25) is 0 Å². The zero-order valence-electron chi connectivity index (χ0n) is 14.3. The Hall–Kier alpha value is -2.53. The number of benzene rings is 2. The standard InChI is InChI=1S/C20H24N2O3/c1-14(18(24)16-7-9-17(23)10-8-16)21-19(25)22-20(11-12-20)13-15-5-3-2-4-6-15/h2-10,14,18,23-24H,11-13H2,1H3,(H2,21,22,25)/t14-,18-/m1/s1. The van der Waals surface area contributed by atoms with Gasteiger partial charge < -0.3 is 20.8 Å². The van der Waals surface area contributed by atoms with Crippen molar-refractivity contribution in [3.05, 3.63) is 65.7 Å². The van der Waals surface area contributed by atoms with Crippen LogP contribution < -0.4 is 10.6 Å². The second-order valence-corrected chi connectivity index (χ2v) is 6.87. The molecular weight excluding hydrogens is 316 g/mol. The molecule has 1 saturated carbocycles. The average Bonchev–Trinajstić information content (AvgIpc) is 3.34. The molecule has 0 bridgehead atoms. The quantitative estimate of drug-likeness (QED) is 0.653. The number of aliphatic hydroxyl groups excluding tert-OH is 1. The van der Waals surface area contributed by atoms with Crippen LogP contribution in [0.5, 0.6) is 5.75 Å². The van der Waals surface area contributed by atoms with Crippen molar-refractivity contribution in [2.75, 3.05) is 0 Å². The lowest BCUT2D eigenvalue weighted by molar-refractivity contribution is 0.136. The van der Waals surface area contributed by atoms with Gasteiger partial charge in [-0.15, -0.1) is 0 Å². The smallest absolute Gasteiger partial charge is 0.315 e. The lowest BCUT2D eigenvalue weighted by atomic mass is 10.0. The highest BCUT2D eigenvalue weighted by molar-refractivity contribution is 5.75. The lowest BCUT2D eigenvalue weighted by Gasteiger charge is -2.24. The van der Waals surface area contributed by atoms with Crippen LogP contribution in [-0.2, 0) is 6.42 Å². The van der Waals surface area contributed by atoms with Gasteiger partial charge in [0, 0.05) is 5.54 Å². The summed E-state index contributed by atoms with van der Waals surface area (Å²) in [6, 6.07) is 15.7. The van der Waals surface area contributed by atoms with E-state index in [-0.39, 0.29) is 17.3 Å². The minimum absolute atomic E-state index is 0.144. The van der Waals surface area contributed by atoms with E-state index in [1.807, 2.05) is 18.2 Å². The largest absolute Gasteiger partial charge is 0.508 e. The van der Waals surface area contributed by atoms with Crippen molar-refractivity contribution in [3.8, 4) is 5.75 Å². The molecule has 0 aromatic heterocycles. The molecule has 0 saturated heterocycles. The van der Waals surface area contributed by atoms with Gasteiger partial charge in [0.15, 0.2) is 0 Å². The zero-order chi connectivity index (χ0) is 17.9. The number of aromatic hydroxyl groups is 1. The van der Waals surface area contributed by atoms with Gasteiger partial charge in [0.25, 0.3) is 0 Å². The number of aliphatic hydroxyl groups is 1. The first-order valence-corrected chi connectivity index (χ1v) is 8.57. The second-order valence-electron chi connectivity index (χ2n) is 6.87. The van der Waals surface area contributed by atoms with E-state index < -0.39 is 12.1 Å². The molecule has 0 unspecified atom stereocenters. The number of amides is 2. The minimum Gasteiger partial charge on any atom is -0.508 e. The molecule has 2 aromatic rings. The van der Waals surface area contributed by atoms with Gasteiger partial charge >= 0.3 is 6.03 Å². The number of phenols is 1. The summed E-state index contributed by atoms with van der Waals surface area (Å²) in [4.78, 5) is 12.3. The molecule has 2 aromatic carbocycles. The third-order valence-electron chi connectivity index (χ3n) is 4.68. The van der Waals surface area contributed by atoms with E-state index in [0.717, 1.165) is 19.3 Å². The monoisotopic (exact) mass is 340 g/mol. The molecule has 2 atom stereocenters. The van der Waals surface area contributed by atoms with E-state index in [1.165, 1.54) is 17.7 Å². The van der Waals surface area contributed by atoms with Crippen molar-refractivity contribution in [2.24, 2.45) is 0 Å². The molecule has 5 heteroatoms. The molecular formula is C20H24N2O3. The molecule has 4 N–H and O–H groups in total. The number of hydrogen-bond donors (Lipinski definition) is 4. The molecule has 0 heterocycles. The molecule has 25 heavy (non-hydrogen) atoms. The van der Waals surface area contributed by atoms with Gasteiger partial charge in [-0.1, -0.05) is 42.5 Å². The maximum Gasteiger partial charge on any atom is 0.315 e. The Kier molecular flexibility index (Phi) is 4.95. The van der Waals surface area contributed by atoms with Gasteiger partial charge in [-0.3, -0.25) is 0 Å². The number of nitrogens with one attached hydrogen (secondary N) is 2. The maximum absolute atomic E-state index is 12.3. The Morgan fingerprint density at radius 2 is 1.76 bits per heavy atom. The highest BCUT2D eigenvalue weighted by Gasteiger charge is 2.44. The van der Waals surface area contributed by atoms with Crippen LogP contribution in [0.15, 0.2) is 54.6 Å². The highest BCUT2D eigenvalue weighted by atomic mass is 16.3. The van der Waals surface area contributed by atoms with Gasteiger partial charge in [-0.25, -0.2) is 4.79 Å². The number of carbonyl (C=O) groups is 1. The number of rotatable bonds is 6. The summed E-state index contributed by atoms with van der Waals surface area (Å²) in [5.74, 6) is 0.144. The Balaban J connectivity index is 1.54. The fourth-order valence-electron chi connectivity index (χ4n) is 3.01. The number of phenolic OH excluding ortho intramolecular Hbond substituents is 1. The van der Waals surface area contributed by atoms with Crippen molar-refractivity contribution >= 4 is 6.03 Å². The van der Waals surface area contributed by atoms with Crippen molar-refractivity contribution in [2.45, 2.75) is 43.9 Å². The molecule has 1 aliphatic rings. The van der Waals surface area contributed by atoms with E-state index in [4.69, 9.17) is 0 Å². The Bertz CT molecular complexity index is 711. The van der Waals surface area contributed by atoms with Crippen molar-refractivity contribution in [1.82, 2.24) is 10.6 Å². The summed E-state index contributed by atoms with van der Waals surface area (Å²) in [6.45, 7) is 1.76. The van der Waals surface area contributed by atoms with E-state index in [0.29, 0.717) is 5.56 Å². The fraction of sp³-hybridized carbons (Fsp3) is 0.350. The van der Waals surface area contributed by atoms with Crippen LogP contribution in [0.1, 0.15) is 37.0 Å². The SMILES string of the molecule is C[C@@H](NC(=O)NC1(Cc2ccccc2)CC1)[C@@H](O)c1ccc(O)cc1. The first-order chi connectivity index (χ1) is 12.0. The minimum atomic E-state index is -0.837. The van der Waals surface area contributed by atoms with E-state index in [1.54, 1.807) is 19.1 Å². The number of urea groups is 1. The third-order valence-corrected chi connectivity index (χ3v) is 4.68. The van der Waals surface area contributed by atoms with Crippen molar-refractivity contribution in [1.29, 1.82) is 0 Å². The summed E-state index contributed by atoms with van der Waals surface area (Å²) in [5, 5.41) is 25.5. The molecule has 1 fully saturated rings. The van der Waals surface area contributed by atoms with E-state index >= 15 is 0 Å². The van der Waals surface area contributed by atoms with Crippen molar-refractivity contribution in [3.63, 3.8) is 0 Å². The van der Waals surface area contributed by atoms with Gasteiger partial charge in [0.2, 0.25) is 0 Å². The maximum atomic E-state index is 12.3. The third kappa shape index (κ3) is 4.51. The van der Waals surface area contributed by atoms with Crippen LogP contribution >= 0.6 is 0 Å². The van der Waals surface area contributed by atoms with Crippen LogP contribution in [0.25, 0.3) is 0 Å². The van der Waals surface area contributed by atoms with E-state index in [9.17, 15) is 15.0 Å². The van der Waals surface area contributed by atoms with E-state index in [2.05, 4.69) is 22.8 Å².